The van der Waals surface area contributed by atoms with Crippen molar-refractivity contribution in [3.8, 4) is 0 Å². The number of hydrogen-bond acceptors (Lipinski definition) is 7. The van der Waals surface area contributed by atoms with E-state index < -0.39 is 0 Å². The van der Waals surface area contributed by atoms with E-state index >= 15 is 0 Å². The molecular weight excluding hydrogens is 442 g/mol. The van der Waals surface area contributed by atoms with E-state index in [1.165, 1.54) is 5.56 Å². The Morgan fingerprint density at radius 1 is 0.933 bits per heavy atom. The van der Waals surface area contributed by atoms with Crippen LogP contribution in [0.15, 0.2) is 53.1 Å². The lowest BCUT2D eigenvalue weighted by atomic mass is 10.2. The molecule has 1 saturated heterocycles. The largest absolute Gasteiger partial charge is 0.363 e. The van der Waals surface area contributed by atoms with Crippen LogP contribution >= 0.6 is 15.9 Å². The molecule has 0 radical (unpaired) electrons. The number of anilines is 5. The summed E-state index contributed by atoms with van der Waals surface area (Å²) >= 11 is 3.45. The lowest BCUT2D eigenvalue weighted by molar-refractivity contribution is 0.634. The van der Waals surface area contributed by atoms with Gasteiger partial charge in [0.05, 0.1) is 0 Å². The summed E-state index contributed by atoms with van der Waals surface area (Å²) in [6.07, 6.45) is 1.84. The summed E-state index contributed by atoms with van der Waals surface area (Å²) < 4.78 is 0.993. The van der Waals surface area contributed by atoms with Gasteiger partial charge < -0.3 is 20.0 Å². The third-order valence-corrected chi connectivity index (χ3v) is 5.55. The van der Waals surface area contributed by atoms with Crippen molar-refractivity contribution in [3.63, 3.8) is 0 Å². The molecule has 8 heteroatoms. The highest BCUT2D eigenvalue weighted by atomic mass is 79.9. The molecule has 1 aromatic carbocycles. The number of aromatic nitrogens is 3. The molecule has 4 rings (SSSR count). The van der Waals surface area contributed by atoms with Gasteiger partial charge in [0.2, 0.25) is 5.95 Å². The predicted octanol–water partition coefficient (Wildman–Crippen LogP) is 4.08. The maximum Gasteiger partial charge on any atom is 0.229 e. The Morgan fingerprint density at radius 3 is 2.27 bits per heavy atom. The first-order valence-corrected chi connectivity index (χ1v) is 10.8. The first kappa shape index (κ1) is 20.4. The highest BCUT2D eigenvalue weighted by molar-refractivity contribution is 9.10. The van der Waals surface area contributed by atoms with Gasteiger partial charge in [0.25, 0.3) is 0 Å². The van der Waals surface area contributed by atoms with Gasteiger partial charge >= 0.3 is 0 Å². The number of nitrogens with zero attached hydrogens (tertiary/aromatic N) is 6. The van der Waals surface area contributed by atoms with Gasteiger partial charge in [-0.3, -0.25) is 0 Å². The molecule has 3 aromatic rings. The lowest BCUT2D eigenvalue weighted by Crippen LogP contribution is -2.47. The van der Waals surface area contributed by atoms with Crippen LogP contribution < -0.4 is 20.0 Å². The Morgan fingerprint density at radius 2 is 1.63 bits per heavy atom. The van der Waals surface area contributed by atoms with Crippen molar-refractivity contribution in [1.82, 2.24) is 15.0 Å². The fourth-order valence-electron chi connectivity index (χ4n) is 3.33. The molecule has 1 aliphatic rings. The minimum absolute atomic E-state index is 0.749. The minimum Gasteiger partial charge on any atom is -0.363 e. The van der Waals surface area contributed by atoms with E-state index in [0.29, 0.717) is 0 Å². The molecule has 1 aliphatic heterocycles. The molecule has 7 nitrogen and oxygen atoms in total. The molecule has 0 atom stereocenters. The van der Waals surface area contributed by atoms with Crippen molar-refractivity contribution in [2.24, 2.45) is 0 Å². The number of piperazine rings is 1. The van der Waals surface area contributed by atoms with Crippen LogP contribution in [0.25, 0.3) is 0 Å². The summed E-state index contributed by atoms with van der Waals surface area (Å²) in [5.41, 5.74) is 2.25. The normalized spacial score (nSPS) is 14.0. The van der Waals surface area contributed by atoms with E-state index in [0.717, 1.165) is 59.7 Å². The molecule has 1 fully saturated rings. The fourth-order valence-corrected chi connectivity index (χ4v) is 3.57. The van der Waals surface area contributed by atoms with Gasteiger partial charge in [-0.2, -0.15) is 9.97 Å². The second kappa shape index (κ2) is 8.87. The summed E-state index contributed by atoms with van der Waals surface area (Å²) in [5, 5.41) is 3.42. The number of rotatable bonds is 5. The molecule has 2 aromatic heterocycles. The molecule has 30 heavy (non-hydrogen) atoms. The third-order valence-electron chi connectivity index (χ3n) is 5.08. The Bertz CT molecular complexity index is 981. The van der Waals surface area contributed by atoms with Crippen LogP contribution in [0.1, 0.15) is 5.56 Å². The van der Waals surface area contributed by atoms with Gasteiger partial charge in [-0.15, -0.1) is 0 Å². The number of nitrogens with one attached hydrogen (secondary N) is 1. The zero-order chi connectivity index (χ0) is 21.1. The second-order valence-electron chi connectivity index (χ2n) is 7.61. The maximum absolute atomic E-state index is 4.80. The highest BCUT2D eigenvalue weighted by Crippen LogP contribution is 2.24. The number of aryl methyl sites for hydroxylation is 1. The Labute approximate surface area is 185 Å². The van der Waals surface area contributed by atoms with Crippen LogP contribution in [0.5, 0.6) is 0 Å². The smallest absolute Gasteiger partial charge is 0.229 e. The molecule has 0 aliphatic carbocycles. The Kier molecular flexibility index (Phi) is 6.03. The number of benzene rings is 1. The van der Waals surface area contributed by atoms with Gasteiger partial charge in [0.1, 0.15) is 17.5 Å². The maximum atomic E-state index is 4.80. The van der Waals surface area contributed by atoms with Gasteiger partial charge in [-0.05, 0) is 47.1 Å². The number of hydrogen-bond donors (Lipinski definition) is 1. The number of pyridine rings is 1. The van der Waals surface area contributed by atoms with Crippen LogP contribution in [0.4, 0.5) is 29.1 Å². The van der Waals surface area contributed by atoms with Crippen molar-refractivity contribution >= 4 is 45.0 Å². The van der Waals surface area contributed by atoms with Gasteiger partial charge in [-0.25, -0.2) is 4.98 Å². The Hall–Kier alpha value is -2.87. The van der Waals surface area contributed by atoms with Crippen molar-refractivity contribution in [2.75, 3.05) is 60.3 Å². The average molecular weight is 468 g/mol. The fraction of sp³-hybridized carbons (Fsp3) is 0.318. The molecular formula is C22H26BrN7. The first-order valence-electron chi connectivity index (χ1n) is 9.99. The first-order chi connectivity index (χ1) is 14.5. The van der Waals surface area contributed by atoms with Gasteiger partial charge in [0.15, 0.2) is 0 Å². The summed E-state index contributed by atoms with van der Waals surface area (Å²) in [7, 11) is 4.00. The van der Waals surface area contributed by atoms with E-state index in [1.54, 1.807) is 0 Å². The summed E-state index contributed by atoms with van der Waals surface area (Å²) in [6, 6.07) is 14.4. The summed E-state index contributed by atoms with van der Waals surface area (Å²) in [4.78, 5) is 20.6. The zero-order valence-corrected chi connectivity index (χ0v) is 19.1. The van der Waals surface area contributed by atoms with Crippen LogP contribution in [0.2, 0.25) is 0 Å². The van der Waals surface area contributed by atoms with Crippen molar-refractivity contribution in [1.29, 1.82) is 0 Å². The predicted molar refractivity (Wildman–Crippen MR) is 127 cm³/mol. The van der Waals surface area contributed by atoms with Gasteiger partial charge in [-0.1, -0.05) is 17.7 Å². The van der Waals surface area contributed by atoms with Crippen LogP contribution in [-0.2, 0) is 0 Å². The molecule has 0 amide bonds. The zero-order valence-electron chi connectivity index (χ0n) is 17.5. The van der Waals surface area contributed by atoms with Crippen LogP contribution in [0, 0.1) is 6.92 Å². The van der Waals surface area contributed by atoms with Crippen molar-refractivity contribution in [2.45, 2.75) is 6.92 Å². The topological polar surface area (TPSA) is 60.4 Å². The standard InChI is InChI=1S/C22H26BrN7/c1-16-4-7-18(8-5-16)25-19-14-21(28(2)3)27-22(26-19)30-12-10-29(11-13-30)20-9-6-17(23)15-24-20/h4-9,14-15H,10-13H2,1-3H3,(H,25,26,27). The van der Waals surface area contributed by atoms with E-state index in [2.05, 4.69) is 67.2 Å². The van der Waals surface area contributed by atoms with E-state index in [1.807, 2.05) is 43.4 Å². The van der Waals surface area contributed by atoms with Crippen molar-refractivity contribution < 1.29 is 0 Å². The molecule has 0 unspecified atom stereocenters. The summed E-state index contributed by atoms with van der Waals surface area (Å²) in [6.45, 7) is 5.53. The second-order valence-corrected chi connectivity index (χ2v) is 8.52. The monoisotopic (exact) mass is 467 g/mol. The minimum atomic E-state index is 0.749. The molecule has 1 N–H and O–H groups in total. The molecule has 0 saturated carbocycles. The highest BCUT2D eigenvalue weighted by Gasteiger charge is 2.21. The molecule has 0 spiro atoms. The SMILES string of the molecule is Cc1ccc(Nc2cc(N(C)C)nc(N3CCN(c4ccc(Br)cn4)CC3)n2)cc1. The van der Waals surface area contributed by atoms with E-state index in [4.69, 9.17) is 9.97 Å². The third kappa shape index (κ3) is 4.81. The molecule has 156 valence electrons. The molecule has 3 heterocycles. The number of halogens is 1. The molecule has 0 bridgehead atoms. The quantitative estimate of drug-likeness (QED) is 0.606. The Balaban J connectivity index is 1.51. The lowest BCUT2D eigenvalue weighted by Gasteiger charge is -2.35. The van der Waals surface area contributed by atoms with Gasteiger partial charge in [0, 0.05) is 62.7 Å². The van der Waals surface area contributed by atoms with Crippen molar-refractivity contribution in [3.05, 3.63) is 58.7 Å². The van der Waals surface area contributed by atoms with E-state index in [9.17, 15) is 0 Å². The van der Waals surface area contributed by atoms with E-state index in [-0.39, 0.29) is 0 Å². The average Bonchev–Trinajstić information content (AvgIpc) is 2.76. The van der Waals surface area contributed by atoms with Crippen LogP contribution in [0.3, 0.4) is 0 Å². The van der Waals surface area contributed by atoms with Crippen LogP contribution in [-0.4, -0.2) is 55.2 Å². The summed E-state index contributed by atoms with van der Waals surface area (Å²) in [5.74, 6) is 3.43.